The summed E-state index contributed by atoms with van der Waals surface area (Å²) in [5.74, 6) is -0.104. The number of carbonyl (C=O) groups excluding carboxylic acids is 1. The summed E-state index contributed by atoms with van der Waals surface area (Å²) >= 11 is 0. The molecule has 0 aliphatic rings. The normalized spacial score (nSPS) is 12.1. The smallest absolute Gasteiger partial charge is 0.269 e. The Morgan fingerprint density at radius 2 is 2.05 bits per heavy atom. The molecule has 20 heavy (non-hydrogen) atoms. The molecule has 0 bridgehead atoms. The van der Waals surface area contributed by atoms with E-state index in [1.165, 1.54) is 12.8 Å². The van der Waals surface area contributed by atoms with E-state index in [2.05, 4.69) is 34.6 Å². The van der Waals surface area contributed by atoms with Crippen molar-refractivity contribution in [3.05, 3.63) is 53.9 Å². The first kappa shape index (κ1) is 14.3. The second-order valence-corrected chi connectivity index (χ2v) is 4.90. The summed E-state index contributed by atoms with van der Waals surface area (Å²) < 4.78 is 0. The van der Waals surface area contributed by atoms with Gasteiger partial charge in [-0.1, -0.05) is 56.5 Å². The SMILES string of the molecule is CCCCCC(NC(=O)c1ccn[nH]1)c1ccccc1. The monoisotopic (exact) mass is 271 g/mol. The zero-order valence-electron chi connectivity index (χ0n) is 11.8. The van der Waals surface area contributed by atoms with Crippen LogP contribution >= 0.6 is 0 Å². The van der Waals surface area contributed by atoms with E-state index < -0.39 is 0 Å². The lowest BCUT2D eigenvalue weighted by molar-refractivity contribution is 0.0929. The Bertz CT molecular complexity index is 508. The molecule has 1 heterocycles. The van der Waals surface area contributed by atoms with Crippen LogP contribution in [0.1, 0.15) is 54.7 Å². The fourth-order valence-corrected chi connectivity index (χ4v) is 2.22. The average Bonchev–Trinajstić information content (AvgIpc) is 3.01. The van der Waals surface area contributed by atoms with Crippen LogP contribution in [0.25, 0.3) is 0 Å². The van der Waals surface area contributed by atoms with Gasteiger partial charge in [-0.15, -0.1) is 0 Å². The molecule has 1 amide bonds. The molecule has 0 radical (unpaired) electrons. The van der Waals surface area contributed by atoms with Crippen molar-refractivity contribution in [1.82, 2.24) is 15.5 Å². The van der Waals surface area contributed by atoms with E-state index in [9.17, 15) is 4.79 Å². The van der Waals surface area contributed by atoms with Gasteiger partial charge in [-0.2, -0.15) is 5.10 Å². The fraction of sp³-hybridized carbons (Fsp3) is 0.375. The van der Waals surface area contributed by atoms with E-state index in [4.69, 9.17) is 0 Å². The van der Waals surface area contributed by atoms with Crippen LogP contribution in [-0.2, 0) is 0 Å². The number of benzene rings is 1. The third-order valence-corrected chi connectivity index (χ3v) is 3.35. The van der Waals surface area contributed by atoms with E-state index in [1.807, 2.05) is 18.2 Å². The maximum absolute atomic E-state index is 12.1. The van der Waals surface area contributed by atoms with Crippen molar-refractivity contribution in [3.8, 4) is 0 Å². The van der Waals surface area contributed by atoms with Crippen LogP contribution in [0, 0.1) is 0 Å². The summed E-state index contributed by atoms with van der Waals surface area (Å²) in [7, 11) is 0. The number of carbonyl (C=O) groups is 1. The van der Waals surface area contributed by atoms with Crippen LogP contribution in [-0.4, -0.2) is 16.1 Å². The van der Waals surface area contributed by atoms with Crippen LogP contribution < -0.4 is 5.32 Å². The molecule has 4 nitrogen and oxygen atoms in total. The summed E-state index contributed by atoms with van der Waals surface area (Å²) in [5.41, 5.74) is 1.65. The second kappa shape index (κ2) is 7.48. The first-order chi connectivity index (χ1) is 9.81. The molecule has 2 aromatic rings. The van der Waals surface area contributed by atoms with Gasteiger partial charge in [0.1, 0.15) is 5.69 Å². The van der Waals surface area contributed by atoms with Crippen LogP contribution in [0.2, 0.25) is 0 Å². The summed E-state index contributed by atoms with van der Waals surface area (Å²) in [6.45, 7) is 2.18. The number of amides is 1. The highest BCUT2D eigenvalue weighted by Gasteiger charge is 2.15. The minimum absolute atomic E-state index is 0.0542. The molecule has 0 saturated heterocycles. The van der Waals surface area contributed by atoms with Crippen molar-refractivity contribution in [2.45, 2.75) is 38.6 Å². The van der Waals surface area contributed by atoms with Gasteiger partial charge in [0.15, 0.2) is 0 Å². The van der Waals surface area contributed by atoms with Gasteiger partial charge in [0.2, 0.25) is 0 Å². The molecule has 0 spiro atoms. The van der Waals surface area contributed by atoms with Crippen LogP contribution in [0.5, 0.6) is 0 Å². The van der Waals surface area contributed by atoms with Gasteiger partial charge in [0.25, 0.3) is 5.91 Å². The van der Waals surface area contributed by atoms with Gasteiger partial charge in [-0.25, -0.2) is 0 Å². The Morgan fingerprint density at radius 3 is 2.70 bits per heavy atom. The molecule has 1 atom stereocenters. The van der Waals surface area contributed by atoms with Crippen LogP contribution in [0.15, 0.2) is 42.6 Å². The number of H-pyrrole nitrogens is 1. The molecule has 0 aliphatic carbocycles. The Morgan fingerprint density at radius 1 is 1.25 bits per heavy atom. The van der Waals surface area contributed by atoms with Crippen molar-refractivity contribution in [2.75, 3.05) is 0 Å². The zero-order chi connectivity index (χ0) is 14.2. The molecule has 106 valence electrons. The summed E-state index contributed by atoms with van der Waals surface area (Å²) in [6.07, 6.45) is 6.01. The number of hydrogen-bond donors (Lipinski definition) is 2. The number of nitrogens with zero attached hydrogens (tertiary/aromatic N) is 1. The Hall–Kier alpha value is -2.10. The number of rotatable bonds is 7. The van der Waals surface area contributed by atoms with E-state index >= 15 is 0 Å². The molecule has 4 heteroatoms. The minimum atomic E-state index is -0.104. The Labute approximate surface area is 119 Å². The van der Waals surface area contributed by atoms with Crippen molar-refractivity contribution in [2.24, 2.45) is 0 Å². The Balaban J connectivity index is 2.04. The average molecular weight is 271 g/mol. The molecule has 1 aromatic heterocycles. The first-order valence-electron chi connectivity index (χ1n) is 7.16. The Kier molecular flexibility index (Phi) is 5.35. The van der Waals surface area contributed by atoms with Gasteiger partial charge in [0, 0.05) is 6.20 Å². The lowest BCUT2D eigenvalue weighted by atomic mass is 10.0. The maximum atomic E-state index is 12.1. The van der Waals surface area contributed by atoms with E-state index in [0.29, 0.717) is 5.69 Å². The molecule has 0 saturated carbocycles. The summed E-state index contributed by atoms with van der Waals surface area (Å²) in [5, 5.41) is 9.60. The quantitative estimate of drug-likeness (QED) is 0.758. The standard InChI is InChI=1S/C16H21N3O/c1-2-3-5-10-14(13-8-6-4-7-9-13)18-16(20)15-11-12-17-19-15/h4,6-9,11-12,14H,2-3,5,10H2,1H3,(H,17,19)(H,18,20). The lowest BCUT2D eigenvalue weighted by Gasteiger charge is -2.18. The van der Waals surface area contributed by atoms with Crippen molar-refractivity contribution >= 4 is 5.91 Å². The molecule has 0 fully saturated rings. The first-order valence-corrected chi connectivity index (χ1v) is 7.16. The number of unbranched alkanes of at least 4 members (excludes halogenated alkanes) is 2. The largest absolute Gasteiger partial charge is 0.344 e. The molecule has 0 aliphatic heterocycles. The van der Waals surface area contributed by atoms with Gasteiger partial charge in [0.05, 0.1) is 6.04 Å². The highest BCUT2D eigenvalue weighted by atomic mass is 16.2. The number of nitrogens with one attached hydrogen (secondary N) is 2. The van der Waals surface area contributed by atoms with Crippen molar-refractivity contribution < 1.29 is 4.79 Å². The number of aromatic amines is 1. The van der Waals surface area contributed by atoms with Gasteiger partial charge in [-0.05, 0) is 18.1 Å². The van der Waals surface area contributed by atoms with Gasteiger partial charge < -0.3 is 5.32 Å². The lowest BCUT2D eigenvalue weighted by Crippen LogP contribution is -2.28. The van der Waals surface area contributed by atoms with Crippen LogP contribution in [0.3, 0.4) is 0 Å². The third-order valence-electron chi connectivity index (χ3n) is 3.35. The van der Waals surface area contributed by atoms with Gasteiger partial charge >= 0.3 is 0 Å². The summed E-state index contributed by atoms with van der Waals surface area (Å²) in [4.78, 5) is 12.1. The van der Waals surface area contributed by atoms with Crippen molar-refractivity contribution in [1.29, 1.82) is 0 Å². The van der Waals surface area contributed by atoms with E-state index in [1.54, 1.807) is 12.3 Å². The minimum Gasteiger partial charge on any atom is -0.344 e. The predicted molar refractivity (Wildman–Crippen MR) is 79.4 cm³/mol. The van der Waals surface area contributed by atoms with E-state index in [0.717, 1.165) is 18.4 Å². The molecule has 2 rings (SSSR count). The van der Waals surface area contributed by atoms with E-state index in [-0.39, 0.29) is 11.9 Å². The van der Waals surface area contributed by atoms with Gasteiger partial charge in [-0.3, -0.25) is 9.89 Å². The molecular formula is C16H21N3O. The predicted octanol–water partition coefficient (Wildman–Crippen LogP) is 3.46. The summed E-state index contributed by atoms with van der Waals surface area (Å²) in [6, 6.07) is 11.9. The number of aromatic nitrogens is 2. The molecule has 2 N–H and O–H groups in total. The topological polar surface area (TPSA) is 57.8 Å². The zero-order valence-corrected chi connectivity index (χ0v) is 11.8. The van der Waals surface area contributed by atoms with Crippen molar-refractivity contribution in [3.63, 3.8) is 0 Å². The molecular weight excluding hydrogens is 250 g/mol. The molecule has 1 unspecified atom stereocenters. The number of hydrogen-bond acceptors (Lipinski definition) is 2. The fourth-order valence-electron chi connectivity index (χ4n) is 2.22. The highest BCUT2D eigenvalue weighted by molar-refractivity contribution is 5.92. The maximum Gasteiger partial charge on any atom is 0.269 e. The second-order valence-electron chi connectivity index (χ2n) is 4.90. The third kappa shape index (κ3) is 3.95. The van der Waals surface area contributed by atoms with Crippen LogP contribution in [0.4, 0.5) is 0 Å². The highest BCUT2D eigenvalue weighted by Crippen LogP contribution is 2.20. The molecule has 1 aromatic carbocycles.